The molecule has 1 aliphatic heterocycles. The van der Waals surface area contributed by atoms with Crippen LogP contribution in [0.3, 0.4) is 0 Å². The molecular weight excluding hydrogens is 242 g/mol. The van der Waals surface area contributed by atoms with E-state index < -0.39 is 0 Å². The third kappa shape index (κ3) is 2.40. The molecule has 1 amide bonds. The second kappa shape index (κ2) is 4.45. The fourth-order valence-electron chi connectivity index (χ4n) is 3.53. The summed E-state index contributed by atoms with van der Waals surface area (Å²) in [7, 11) is 1.97. The molecule has 1 spiro atoms. The van der Waals surface area contributed by atoms with Crippen molar-refractivity contribution in [1.29, 1.82) is 0 Å². The van der Waals surface area contributed by atoms with Crippen LogP contribution in [0, 0.1) is 11.3 Å². The van der Waals surface area contributed by atoms with Gasteiger partial charge in [0.05, 0.1) is 13.2 Å². The highest BCUT2D eigenvalue weighted by Gasteiger charge is 2.52. The Morgan fingerprint density at radius 3 is 2.16 bits per heavy atom. The zero-order chi connectivity index (χ0) is 13.7. The topological polar surface area (TPSA) is 38.8 Å². The summed E-state index contributed by atoms with van der Waals surface area (Å²) in [5.41, 5.74) is 0.221. The number of ether oxygens (including phenoxy) is 2. The van der Waals surface area contributed by atoms with Gasteiger partial charge in [0.1, 0.15) is 0 Å². The number of hydrogen-bond donors (Lipinski definition) is 0. The lowest BCUT2D eigenvalue weighted by Gasteiger charge is -2.39. The van der Waals surface area contributed by atoms with Gasteiger partial charge in [-0.3, -0.25) is 4.79 Å². The minimum Gasteiger partial charge on any atom is -0.348 e. The van der Waals surface area contributed by atoms with Gasteiger partial charge in [0.15, 0.2) is 5.79 Å². The van der Waals surface area contributed by atoms with Crippen molar-refractivity contribution in [3.63, 3.8) is 0 Å². The Kier molecular flexibility index (Phi) is 3.13. The van der Waals surface area contributed by atoms with E-state index in [0.717, 1.165) is 45.3 Å². The largest absolute Gasteiger partial charge is 0.348 e. The number of carbonyl (C=O) groups is 1. The average Bonchev–Trinajstić information content (AvgIpc) is 2.82. The Balaban J connectivity index is 1.55. The number of rotatable bonds is 2. The number of hydrogen-bond acceptors (Lipinski definition) is 3. The lowest BCUT2D eigenvalue weighted by molar-refractivity contribution is -0.184. The highest BCUT2D eigenvalue weighted by atomic mass is 16.7. The van der Waals surface area contributed by atoms with E-state index in [2.05, 4.69) is 13.8 Å². The molecule has 3 aliphatic rings. The maximum atomic E-state index is 12.4. The SMILES string of the molecule is CN(C(=O)C1CC1(C)C)C1CCC2(CC1)OCCO2. The Hall–Kier alpha value is -0.610. The minimum absolute atomic E-state index is 0.221. The molecule has 3 fully saturated rings. The highest BCUT2D eigenvalue weighted by Crippen LogP contribution is 2.52. The van der Waals surface area contributed by atoms with Crippen molar-refractivity contribution in [2.24, 2.45) is 11.3 Å². The molecule has 4 heteroatoms. The Morgan fingerprint density at radius 1 is 1.16 bits per heavy atom. The van der Waals surface area contributed by atoms with Crippen molar-refractivity contribution < 1.29 is 14.3 Å². The van der Waals surface area contributed by atoms with Crippen LogP contribution in [0.4, 0.5) is 0 Å². The van der Waals surface area contributed by atoms with E-state index in [1.165, 1.54) is 0 Å². The van der Waals surface area contributed by atoms with Gasteiger partial charge in [0.25, 0.3) is 0 Å². The van der Waals surface area contributed by atoms with Crippen LogP contribution in [0.15, 0.2) is 0 Å². The zero-order valence-corrected chi connectivity index (χ0v) is 12.3. The molecule has 2 aliphatic carbocycles. The van der Waals surface area contributed by atoms with Crippen molar-refractivity contribution >= 4 is 5.91 Å². The number of nitrogens with zero attached hydrogens (tertiary/aromatic N) is 1. The molecule has 0 N–H and O–H groups in total. The maximum Gasteiger partial charge on any atom is 0.226 e. The van der Waals surface area contributed by atoms with Gasteiger partial charge in [-0.15, -0.1) is 0 Å². The molecule has 1 atom stereocenters. The Labute approximate surface area is 115 Å². The van der Waals surface area contributed by atoms with Gasteiger partial charge in [0.2, 0.25) is 5.91 Å². The van der Waals surface area contributed by atoms with E-state index in [-0.39, 0.29) is 17.1 Å². The average molecular weight is 267 g/mol. The van der Waals surface area contributed by atoms with E-state index >= 15 is 0 Å². The molecule has 108 valence electrons. The van der Waals surface area contributed by atoms with Crippen LogP contribution < -0.4 is 0 Å². The molecular formula is C15H25NO3. The van der Waals surface area contributed by atoms with Gasteiger partial charge in [0, 0.05) is 31.8 Å². The van der Waals surface area contributed by atoms with E-state index in [1.54, 1.807) is 0 Å². The molecule has 0 aromatic rings. The maximum absolute atomic E-state index is 12.4. The fraction of sp³-hybridized carbons (Fsp3) is 0.933. The third-order valence-electron chi connectivity index (χ3n) is 5.24. The molecule has 0 radical (unpaired) electrons. The molecule has 1 unspecified atom stereocenters. The third-order valence-corrected chi connectivity index (χ3v) is 5.24. The van der Waals surface area contributed by atoms with Crippen LogP contribution in [0.5, 0.6) is 0 Å². The smallest absolute Gasteiger partial charge is 0.226 e. The van der Waals surface area contributed by atoms with Crippen LogP contribution in [0.1, 0.15) is 46.0 Å². The number of carbonyl (C=O) groups excluding carboxylic acids is 1. The summed E-state index contributed by atoms with van der Waals surface area (Å²) in [6, 6.07) is 0.363. The van der Waals surface area contributed by atoms with Crippen LogP contribution in [-0.4, -0.2) is 42.9 Å². The summed E-state index contributed by atoms with van der Waals surface area (Å²) < 4.78 is 11.5. The molecule has 0 aromatic heterocycles. The van der Waals surface area contributed by atoms with Crippen LogP contribution in [-0.2, 0) is 14.3 Å². The van der Waals surface area contributed by atoms with E-state index in [4.69, 9.17) is 9.47 Å². The van der Waals surface area contributed by atoms with Crippen LogP contribution >= 0.6 is 0 Å². The Bertz CT molecular complexity index is 364. The minimum atomic E-state index is -0.320. The van der Waals surface area contributed by atoms with Gasteiger partial charge in [-0.05, 0) is 24.7 Å². The Morgan fingerprint density at radius 2 is 1.68 bits per heavy atom. The fourth-order valence-corrected chi connectivity index (χ4v) is 3.53. The predicted octanol–water partition coefficient (Wildman–Crippen LogP) is 2.18. The molecule has 0 bridgehead atoms. The monoisotopic (exact) mass is 267 g/mol. The first-order valence-corrected chi connectivity index (χ1v) is 7.48. The van der Waals surface area contributed by atoms with Gasteiger partial charge >= 0.3 is 0 Å². The zero-order valence-electron chi connectivity index (χ0n) is 12.3. The summed E-state index contributed by atoms with van der Waals surface area (Å²) in [5.74, 6) is 0.255. The molecule has 19 heavy (non-hydrogen) atoms. The van der Waals surface area contributed by atoms with Crippen LogP contribution in [0.25, 0.3) is 0 Å². The second-order valence-corrected chi connectivity index (χ2v) is 7.03. The standard InChI is InChI=1S/C15H25NO3/c1-14(2)10-12(14)13(17)16(3)11-4-6-15(7-5-11)18-8-9-19-15/h11-12H,4-10H2,1-3H3. The van der Waals surface area contributed by atoms with Crippen molar-refractivity contribution in [3.05, 3.63) is 0 Å². The molecule has 0 aromatic carbocycles. The molecule has 3 rings (SSSR count). The molecule has 1 heterocycles. The van der Waals surface area contributed by atoms with Gasteiger partial charge in [-0.1, -0.05) is 13.8 Å². The van der Waals surface area contributed by atoms with Crippen molar-refractivity contribution in [2.75, 3.05) is 20.3 Å². The summed E-state index contributed by atoms with van der Waals surface area (Å²) in [4.78, 5) is 14.4. The van der Waals surface area contributed by atoms with E-state index in [0.29, 0.717) is 11.9 Å². The quantitative estimate of drug-likeness (QED) is 0.769. The summed E-state index contributed by atoms with van der Waals surface area (Å²) in [6.07, 6.45) is 4.87. The molecule has 2 saturated carbocycles. The van der Waals surface area contributed by atoms with Gasteiger partial charge < -0.3 is 14.4 Å². The summed E-state index contributed by atoms with van der Waals surface area (Å²) in [5, 5.41) is 0. The van der Waals surface area contributed by atoms with E-state index in [1.807, 2.05) is 11.9 Å². The van der Waals surface area contributed by atoms with Crippen molar-refractivity contribution in [3.8, 4) is 0 Å². The first-order valence-electron chi connectivity index (χ1n) is 7.48. The second-order valence-electron chi connectivity index (χ2n) is 7.03. The van der Waals surface area contributed by atoms with Gasteiger partial charge in [-0.25, -0.2) is 0 Å². The molecule has 4 nitrogen and oxygen atoms in total. The summed E-state index contributed by atoms with van der Waals surface area (Å²) >= 11 is 0. The van der Waals surface area contributed by atoms with Gasteiger partial charge in [-0.2, -0.15) is 0 Å². The first-order chi connectivity index (χ1) is 8.94. The normalized spacial score (nSPS) is 32.5. The first kappa shape index (κ1) is 13.4. The molecule has 1 saturated heterocycles. The van der Waals surface area contributed by atoms with E-state index in [9.17, 15) is 4.79 Å². The highest BCUT2D eigenvalue weighted by molar-refractivity contribution is 5.82. The van der Waals surface area contributed by atoms with Crippen LogP contribution in [0.2, 0.25) is 0 Å². The predicted molar refractivity (Wildman–Crippen MR) is 71.5 cm³/mol. The lowest BCUT2D eigenvalue weighted by atomic mass is 9.89. The summed E-state index contributed by atoms with van der Waals surface area (Å²) in [6.45, 7) is 5.80. The van der Waals surface area contributed by atoms with Crippen molar-refractivity contribution in [2.45, 2.75) is 57.8 Å². The number of amides is 1. The lowest BCUT2D eigenvalue weighted by Crippen LogP contribution is -2.45. The van der Waals surface area contributed by atoms with Crippen molar-refractivity contribution in [1.82, 2.24) is 4.90 Å².